The van der Waals surface area contributed by atoms with Crippen molar-refractivity contribution in [1.29, 1.82) is 0 Å². The molecule has 98 valence electrons. The van der Waals surface area contributed by atoms with Gasteiger partial charge in [-0.2, -0.15) is 13.2 Å². The van der Waals surface area contributed by atoms with Crippen LogP contribution in [0, 0.1) is 0 Å². The summed E-state index contributed by atoms with van der Waals surface area (Å²) in [5.41, 5.74) is 0. The standard InChI is InChI=1S/C11H21F3O2/c1-3-5-7-15-10(9-11(12,13)14)16-8-6-4-2/h10H,3-9H2,1-2H3. The van der Waals surface area contributed by atoms with Crippen LogP contribution in [0.25, 0.3) is 0 Å². The van der Waals surface area contributed by atoms with Crippen molar-refractivity contribution in [2.45, 2.75) is 58.4 Å². The van der Waals surface area contributed by atoms with Crippen LogP contribution in [0.2, 0.25) is 0 Å². The van der Waals surface area contributed by atoms with Gasteiger partial charge in [-0.3, -0.25) is 0 Å². The number of ether oxygens (including phenoxy) is 2. The zero-order valence-electron chi connectivity index (χ0n) is 9.98. The van der Waals surface area contributed by atoms with Crippen LogP contribution in [-0.4, -0.2) is 25.7 Å². The molecule has 0 aliphatic carbocycles. The molecule has 0 saturated carbocycles. The summed E-state index contributed by atoms with van der Waals surface area (Å²) in [5.74, 6) is 0. The summed E-state index contributed by atoms with van der Waals surface area (Å²) in [5, 5.41) is 0. The van der Waals surface area contributed by atoms with Crippen molar-refractivity contribution in [2.24, 2.45) is 0 Å². The van der Waals surface area contributed by atoms with Gasteiger partial charge in [0.25, 0.3) is 0 Å². The van der Waals surface area contributed by atoms with Crippen LogP contribution in [0.3, 0.4) is 0 Å². The molecule has 0 aromatic rings. The average molecular weight is 242 g/mol. The molecule has 0 fully saturated rings. The Labute approximate surface area is 95.1 Å². The monoisotopic (exact) mass is 242 g/mol. The van der Waals surface area contributed by atoms with Crippen LogP contribution in [0.4, 0.5) is 13.2 Å². The first-order chi connectivity index (χ1) is 7.49. The van der Waals surface area contributed by atoms with Gasteiger partial charge >= 0.3 is 6.18 Å². The quantitative estimate of drug-likeness (QED) is 0.451. The highest BCUT2D eigenvalue weighted by Crippen LogP contribution is 2.23. The fourth-order valence-corrected chi connectivity index (χ4v) is 1.07. The highest BCUT2D eigenvalue weighted by atomic mass is 19.4. The predicted octanol–water partition coefficient (Wildman–Crippen LogP) is 3.90. The second-order valence-electron chi connectivity index (χ2n) is 3.70. The maximum absolute atomic E-state index is 12.2. The molecule has 0 unspecified atom stereocenters. The minimum Gasteiger partial charge on any atom is -0.352 e. The lowest BCUT2D eigenvalue weighted by atomic mass is 10.3. The fraction of sp³-hybridized carbons (Fsp3) is 1.00. The molecule has 0 atom stereocenters. The predicted molar refractivity (Wildman–Crippen MR) is 56.2 cm³/mol. The van der Waals surface area contributed by atoms with Crippen molar-refractivity contribution in [3.05, 3.63) is 0 Å². The third kappa shape index (κ3) is 10.2. The normalized spacial score (nSPS) is 12.4. The number of rotatable bonds is 9. The molecule has 0 aliphatic rings. The average Bonchev–Trinajstić information content (AvgIpc) is 2.16. The summed E-state index contributed by atoms with van der Waals surface area (Å²) < 4.78 is 46.6. The third-order valence-corrected chi connectivity index (χ3v) is 2.00. The largest absolute Gasteiger partial charge is 0.393 e. The Hall–Kier alpha value is -0.290. The summed E-state index contributed by atoms with van der Waals surface area (Å²) in [6, 6.07) is 0. The molecular weight excluding hydrogens is 221 g/mol. The van der Waals surface area contributed by atoms with Gasteiger partial charge < -0.3 is 9.47 Å². The highest BCUT2D eigenvalue weighted by molar-refractivity contribution is 4.55. The van der Waals surface area contributed by atoms with E-state index >= 15 is 0 Å². The van der Waals surface area contributed by atoms with Crippen LogP contribution >= 0.6 is 0 Å². The van der Waals surface area contributed by atoms with Gasteiger partial charge in [0.05, 0.1) is 6.42 Å². The van der Waals surface area contributed by atoms with E-state index in [2.05, 4.69) is 0 Å². The summed E-state index contributed by atoms with van der Waals surface area (Å²) in [6.45, 7) is 4.56. The van der Waals surface area contributed by atoms with Gasteiger partial charge in [-0.05, 0) is 12.8 Å². The van der Waals surface area contributed by atoms with Crippen LogP contribution in [0.1, 0.15) is 46.0 Å². The van der Waals surface area contributed by atoms with E-state index in [1.54, 1.807) is 0 Å². The third-order valence-electron chi connectivity index (χ3n) is 2.00. The Balaban J connectivity index is 3.85. The fourth-order valence-electron chi connectivity index (χ4n) is 1.07. The van der Waals surface area contributed by atoms with E-state index in [4.69, 9.17) is 9.47 Å². The molecule has 0 saturated heterocycles. The van der Waals surface area contributed by atoms with Gasteiger partial charge in [0.2, 0.25) is 0 Å². The smallest absolute Gasteiger partial charge is 0.352 e. The Morgan fingerprint density at radius 2 is 1.38 bits per heavy atom. The zero-order chi connectivity index (χ0) is 12.4. The van der Waals surface area contributed by atoms with Gasteiger partial charge in [-0.25, -0.2) is 0 Å². The van der Waals surface area contributed by atoms with E-state index < -0.39 is 18.9 Å². The number of alkyl halides is 3. The first-order valence-corrected chi connectivity index (χ1v) is 5.79. The van der Waals surface area contributed by atoms with Crippen molar-refractivity contribution in [2.75, 3.05) is 13.2 Å². The Bertz CT molecular complexity index is 150. The molecule has 0 N–H and O–H groups in total. The topological polar surface area (TPSA) is 18.5 Å². The van der Waals surface area contributed by atoms with Crippen LogP contribution in [-0.2, 0) is 9.47 Å². The molecular formula is C11H21F3O2. The zero-order valence-corrected chi connectivity index (χ0v) is 9.98. The SMILES string of the molecule is CCCCOC(CC(F)(F)F)OCCCC. The van der Waals surface area contributed by atoms with E-state index in [0.717, 1.165) is 25.7 Å². The molecule has 0 aliphatic heterocycles. The molecule has 0 amide bonds. The molecule has 0 rings (SSSR count). The number of unbranched alkanes of at least 4 members (excludes halogenated alkanes) is 2. The maximum Gasteiger partial charge on any atom is 0.393 e. The first kappa shape index (κ1) is 15.7. The Kier molecular flexibility index (Phi) is 8.66. The van der Waals surface area contributed by atoms with Crippen molar-refractivity contribution in [1.82, 2.24) is 0 Å². The van der Waals surface area contributed by atoms with E-state index in [1.165, 1.54) is 0 Å². The number of hydrogen-bond acceptors (Lipinski definition) is 2. The van der Waals surface area contributed by atoms with Gasteiger partial charge in [0.1, 0.15) is 0 Å². The van der Waals surface area contributed by atoms with Gasteiger partial charge in [-0.15, -0.1) is 0 Å². The first-order valence-electron chi connectivity index (χ1n) is 5.79. The lowest BCUT2D eigenvalue weighted by Gasteiger charge is -2.19. The number of hydrogen-bond donors (Lipinski definition) is 0. The molecule has 2 nitrogen and oxygen atoms in total. The molecule has 0 spiro atoms. The second kappa shape index (κ2) is 8.82. The van der Waals surface area contributed by atoms with Crippen molar-refractivity contribution in [3.8, 4) is 0 Å². The maximum atomic E-state index is 12.2. The Morgan fingerprint density at radius 3 is 1.69 bits per heavy atom. The molecule has 0 bridgehead atoms. The molecule has 0 radical (unpaired) electrons. The summed E-state index contributed by atoms with van der Waals surface area (Å²) >= 11 is 0. The summed E-state index contributed by atoms with van der Waals surface area (Å²) in [7, 11) is 0. The van der Waals surface area contributed by atoms with E-state index in [1.807, 2.05) is 13.8 Å². The molecule has 16 heavy (non-hydrogen) atoms. The Morgan fingerprint density at radius 1 is 0.938 bits per heavy atom. The van der Waals surface area contributed by atoms with Gasteiger partial charge in [-0.1, -0.05) is 26.7 Å². The van der Waals surface area contributed by atoms with Crippen LogP contribution in [0.5, 0.6) is 0 Å². The van der Waals surface area contributed by atoms with Crippen LogP contribution < -0.4 is 0 Å². The van der Waals surface area contributed by atoms with Crippen molar-refractivity contribution >= 4 is 0 Å². The molecule has 0 heterocycles. The summed E-state index contributed by atoms with van der Waals surface area (Å²) in [4.78, 5) is 0. The molecule has 0 aromatic heterocycles. The summed E-state index contributed by atoms with van der Waals surface area (Å²) in [6.07, 6.45) is -3.10. The minimum absolute atomic E-state index is 0.323. The van der Waals surface area contributed by atoms with E-state index in [-0.39, 0.29) is 0 Å². The lowest BCUT2D eigenvalue weighted by molar-refractivity contribution is -0.221. The molecule has 0 aromatic carbocycles. The van der Waals surface area contributed by atoms with Crippen molar-refractivity contribution in [3.63, 3.8) is 0 Å². The van der Waals surface area contributed by atoms with Crippen LogP contribution in [0.15, 0.2) is 0 Å². The minimum atomic E-state index is -4.23. The second-order valence-corrected chi connectivity index (χ2v) is 3.70. The van der Waals surface area contributed by atoms with Gasteiger partial charge in [0, 0.05) is 13.2 Å². The van der Waals surface area contributed by atoms with E-state index in [0.29, 0.717) is 13.2 Å². The van der Waals surface area contributed by atoms with E-state index in [9.17, 15) is 13.2 Å². The number of halogens is 3. The van der Waals surface area contributed by atoms with Crippen molar-refractivity contribution < 1.29 is 22.6 Å². The highest BCUT2D eigenvalue weighted by Gasteiger charge is 2.32. The van der Waals surface area contributed by atoms with Gasteiger partial charge in [0.15, 0.2) is 6.29 Å². The molecule has 5 heteroatoms. The lowest BCUT2D eigenvalue weighted by Crippen LogP contribution is -2.26.